The number of unbranched alkanes of at least 4 members (excludes halogenated alkanes) is 3. The lowest BCUT2D eigenvalue weighted by Crippen LogP contribution is -2.12. The molecule has 1 heterocycles. The molecule has 0 fully saturated rings. The molecule has 0 atom stereocenters. The van der Waals surface area contributed by atoms with Crippen molar-refractivity contribution >= 4 is 28.5 Å². The number of aryl methyl sites for hydroxylation is 2. The summed E-state index contributed by atoms with van der Waals surface area (Å²) in [6.07, 6.45) is 6.42. The monoisotopic (exact) mass is 474 g/mol. The Morgan fingerprint density at radius 1 is 1.00 bits per heavy atom. The van der Waals surface area contributed by atoms with Crippen molar-refractivity contribution in [2.45, 2.75) is 46.0 Å². The molecule has 0 bridgehead atoms. The Morgan fingerprint density at radius 3 is 2.50 bits per heavy atom. The molecule has 0 unspecified atom stereocenters. The van der Waals surface area contributed by atoms with Crippen molar-refractivity contribution < 1.29 is 13.9 Å². The molecular formula is C29H27ClO4. The van der Waals surface area contributed by atoms with Crippen LogP contribution in [0.3, 0.4) is 0 Å². The topological polar surface area (TPSA) is 56.5 Å². The van der Waals surface area contributed by atoms with Crippen LogP contribution < -0.4 is 10.2 Å². The summed E-state index contributed by atoms with van der Waals surface area (Å²) in [5.74, 6) is 0.00651. The Hall–Kier alpha value is -3.37. The van der Waals surface area contributed by atoms with Crippen molar-refractivity contribution in [1.82, 2.24) is 0 Å². The smallest absolute Gasteiger partial charge is 0.343 e. The molecule has 0 aliphatic carbocycles. The third-order valence-corrected chi connectivity index (χ3v) is 6.23. The first-order valence-corrected chi connectivity index (χ1v) is 12.0. The Kier molecular flexibility index (Phi) is 7.49. The van der Waals surface area contributed by atoms with Gasteiger partial charge < -0.3 is 9.15 Å². The maximum absolute atomic E-state index is 13.3. The van der Waals surface area contributed by atoms with E-state index in [4.69, 9.17) is 20.8 Å². The number of ether oxygens (including phenoxy) is 1. The lowest BCUT2D eigenvalue weighted by molar-refractivity contribution is 0.0732. The van der Waals surface area contributed by atoms with Gasteiger partial charge in [0, 0.05) is 11.1 Å². The molecule has 5 heteroatoms. The van der Waals surface area contributed by atoms with Crippen LogP contribution >= 0.6 is 11.6 Å². The van der Waals surface area contributed by atoms with E-state index in [1.165, 1.54) is 6.26 Å². The number of carbonyl (C=O) groups is 1. The standard InChI is InChI=1S/C29H27ClO4/c1-3-4-5-6-10-21-16-24-27(17-26(21)34-29(32)23-11-8-7-9-19(23)2)33-18-25(28(24)31)20-12-14-22(30)15-13-20/h7-9,11-18H,3-6,10H2,1-2H3. The van der Waals surface area contributed by atoms with E-state index in [2.05, 4.69) is 6.92 Å². The van der Waals surface area contributed by atoms with Crippen LogP contribution in [0.5, 0.6) is 5.75 Å². The molecule has 4 aromatic rings. The van der Waals surface area contributed by atoms with Gasteiger partial charge in [-0.1, -0.05) is 68.1 Å². The maximum Gasteiger partial charge on any atom is 0.343 e. The van der Waals surface area contributed by atoms with Gasteiger partial charge in [0.15, 0.2) is 0 Å². The minimum atomic E-state index is -0.424. The fourth-order valence-corrected chi connectivity index (χ4v) is 4.15. The van der Waals surface area contributed by atoms with Crippen molar-refractivity contribution in [1.29, 1.82) is 0 Å². The van der Waals surface area contributed by atoms with Crippen LogP contribution in [0.15, 0.2) is 76.1 Å². The Labute approximate surface area is 204 Å². The SMILES string of the molecule is CCCCCCc1cc2c(=O)c(-c3ccc(Cl)cc3)coc2cc1OC(=O)c1ccccc1C. The molecule has 0 aliphatic heterocycles. The number of rotatable bonds is 8. The molecule has 1 aromatic heterocycles. The van der Waals surface area contributed by atoms with Gasteiger partial charge >= 0.3 is 5.97 Å². The van der Waals surface area contributed by atoms with Gasteiger partial charge in [-0.05, 0) is 60.7 Å². The summed E-state index contributed by atoms with van der Waals surface area (Å²) in [6.45, 7) is 4.04. The van der Waals surface area contributed by atoms with Crippen LogP contribution in [0, 0.1) is 6.92 Å². The lowest BCUT2D eigenvalue weighted by atomic mass is 10.0. The number of halogens is 1. The maximum atomic E-state index is 13.3. The van der Waals surface area contributed by atoms with Crippen molar-refractivity contribution in [2.75, 3.05) is 0 Å². The van der Waals surface area contributed by atoms with Gasteiger partial charge in [0.05, 0.1) is 16.5 Å². The Balaban J connectivity index is 1.75. The number of benzene rings is 3. The minimum Gasteiger partial charge on any atom is -0.463 e. The van der Waals surface area contributed by atoms with E-state index in [9.17, 15) is 9.59 Å². The molecular weight excluding hydrogens is 448 g/mol. The van der Waals surface area contributed by atoms with Gasteiger partial charge in [-0.2, -0.15) is 0 Å². The highest BCUT2D eigenvalue weighted by Gasteiger charge is 2.18. The highest BCUT2D eigenvalue weighted by atomic mass is 35.5. The van der Waals surface area contributed by atoms with Crippen molar-refractivity contribution in [3.8, 4) is 16.9 Å². The highest BCUT2D eigenvalue weighted by molar-refractivity contribution is 6.30. The van der Waals surface area contributed by atoms with Crippen LogP contribution in [-0.2, 0) is 6.42 Å². The third-order valence-electron chi connectivity index (χ3n) is 5.98. The van der Waals surface area contributed by atoms with Gasteiger partial charge in [-0.15, -0.1) is 0 Å². The fraction of sp³-hybridized carbons (Fsp3) is 0.241. The average Bonchev–Trinajstić information content (AvgIpc) is 2.83. The largest absolute Gasteiger partial charge is 0.463 e. The van der Waals surface area contributed by atoms with E-state index in [1.54, 1.807) is 36.4 Å². The summed E-state index contributed by atoms with van der Waals surface area (Å²) in [4.78, 5) is 26.2. The molecule has 0 saturated heterocycles. The van der Waals surface area contributed by atoms with Crippen LogP contribution in [0.1, 0.15) is 54.1 Å². The first-order valence-electron chi connectivity index (χ1n) is 11.6. The first kappa shape index (κ1) is 23.8. The summed E-state index contributed by atoms with van der Waals surface area (Å²) in [5.41, 5.74) is 3.63. The molecule has 174 valence electrons. The summed E-state index contributed by atoms with van der Waals surface area (Å²) < 4.78 is 11.7. The lowest BCUT2D eigenvalue weighted by Gasteiger charge is -2.13. The number of fused-ring (bicyclic) bond motifs is 1. The molecule has 0 saturated carbocycles. The molecule has 0 aliphatic rings. The van der Waals surface area contributed by atoms with E-state index in [1.807, 2.05) is 31.2 Å². The zero-order valence-electron chi connectivity index (χ0n) is 19.4. The van der Waals surface area contributed by atoms with Gasteiger partial charge in [-0.25, -0.2) is 4.79 Å². The van der Waals surface area contributed by atoms with Crippen molar-refractivity contribution in [3.05, 3.63) is 98.9 Å². The fourth-order valence-electron chi connectivity index (χ4n) is 4.02. The predicted molar refractivity (Wildman–Crippen MR) is 137 cm³/mol. The second kappa shape index (κ2) is 10.7. The van der Waals surface area contributed by atoms with Gasteiger partial charge in [0.25, 0.3) is 0 Å². The summed E-state index contributed by atoms with van der Waals surface area (Å²) in [7, 11) is 0. The summed E-state index contributed by atoms with van der Waals surface area (Å²) in [5, 5.41) is 1.07. The second-order valence-electron chi connectivity index (χ2n) is 8.46. The number of hydrogen-bond acceptors (Lipinski definition) is 4. The normalized spacial score (nSPS) is 11.0. The number of esters is 1. The Morgan fingerprint density at radius 2 is 1.76 bits per heavy atom. The predicted octanol–water partition coefficient (Wildman–Crippen LogP) is 7.76. The minimum absolute atomic E-state index is 0.129. The quantitative estimate of drug-likeness (QED) is 0.149. The first-order chi connectivity index (χ1) is 16.5. The van der Waals surface area contributed by atoms with Gasteiger partial charge in [0.1, 0.15) is 17.6 Å². The molecule has 3 aromatic carbocycles. The molecule has 4 rings (SSSR count). The van der Waals surface area contributed by atoms with E-state index < -0.39 is 5.97 Å². The molecule has 0 amide bonds. The Bertz CT molecular complexity index is 1370. The second-order valence-corrected chi connectivity index (χ2v) is 8.89. The average molecular weight is 475 g/mol. The molecule has 0 spiro atoms. The highest BCUT2D eigenvalue weighted by Crippen LogP contribution is 2.29. The molecule has 0 radical (unpaired) electrons. The summed E-state index contributed by atoms with van der Waals surface area (Å²) in [6, 6.07) is 17.9. The summed E-state index contributed by atoms with van der Waals surface area (Å²) >= 11 is 6.00. The van der Waals surface area contributed by atoms with Crippen LogP contribution in [0.4, 0.5) is 0 Å². The van der Waals surface area contributed by atoms with Crippen LogP contribution in [0.25, 0.3) is 22.1 Å². The molecule has 34 heavy (non-hydrogen) atoms. The van der Waals surface area contributed by atoms with Crippen LogP contribution in [-0.4, -0.2) is 5.97 Å². The zero-order valence-corrected chi connectivity index (χ0v) is 20.2. The molecule has 4 nitrogen and oxygen atoms in total. The third kappa shape index (κ3) is 5.23. The van der Waals surface area contributed by atoms with Gasteiger partial charge in [0.2, 0.25) is 5.43 Å². The van der Waals surface area contributed by atoms with Crippen LogP contribution in [0.2, 0.25) is 5.02 Å². The van der Waals surface area contributed by atoms with E-state index in [-0.39, 0.29) is 5.43 Å². The van der Waals surface area contributed by atoms with E-state index in [0.29, 0.717) is 39.3 Å². The van der Waals surface area contributed by atoms with Crippen molar-refractivity contribution in [2.24, 2.45) is 0 Å². The van der Waals surface area contributed by atoms with E-state index in [0.717, 1.165) is 42.4 Å². The van der Waals surface area contributed by atoms with Crippen molar-refractivity contribution in [3.63, 3.8) is 0 Å². The number of carbonyl (C=O) groups excluding carboxylic acids is 1. The van der Waals surface area contributed by atoms with Gasteiger partial charge in [-0.3, -0.25) is 4.79 Å². The number of hydrogen-bond donors (Lipinski definition) is 0. The molecule has 0 N–H and O–H groups in total. The van der Waals surface area contributed by atoms with E-state index >= 15 is 0 Å². The zero-order chi connectivity index (χ0) is 24.1.